The third-order valence-electron chi connectivity index (χ3n) is 2.01. The van der Waals surface area contributed by atoms with Gasteiger partial charge in [-0.3, -0.25) is 4.79 Å². The molecule has 14 heavy (non-hydrogen) atoms. The molecule has 0 spiro atoms. The second kappa shape index (κ2) is 3.71. The van der Waals surface area contributed by atoms with E-state index in [2.05, 4.69) is 15.9 Å². The number of rotatable bonds is 2. The highest BCUT2D eigenvalue weighted by molar-refractivity contribution is 9.11. The van der Waals surface area contributed by atoms with Crippen molar-refractivity contribution < 1.29 is 9.53 Å². The molecule has 1 aromatic carbocycles. The minimum Gasteiger partial charge on any atom is -0.495 e. The van der Waals surface area contributed by atoms with E-state index in [1.54, 1.807) is 7.11 Å². The Kier molecular flexibility index (Phi) is 2.56. The number of aldehydes is 1. The van der Waals surface area contributed by atoms with Gasteiger partial charge in [-0.25, -0.2) is 0 Å². The Morgan fingerprint density at radius 1 is 1.50 bits per heavy atom. The molecule has 0 amide bonds. The van der Waals surface area contributed by atoms with Crippen LogP contribution in [0, 0.1) is 0 Å². The van der Waals surface area contributed by atoms with E-state index < -0.39 is 0 Å². The molecule has 2 rings (SSSR count). The highest BCUT2D eigenvalue weighted by Gasteiger charge is 2.12. The summed E-state index contributed by atoms with van der Waals surface area (Å²) < 4.78 is 7.07. The van der Waals surface area contributed by atoms with Crippen LogP contribution in [-0.4, -0.2) is 13.4 Å². The quantitative estimate of drug-likeness (QED) is 0.781. The maximum atomic E-state index is 10.8. The first-order chi connectivity index (χ1) is 6.77. The number of hydrogen-bond donors (Lipinski definition) is 0. The molecule has 0 radical (unpaired) electrons. The molecule has 0 atom stereocenters. The smallest absolute Gasteiger partial charge is 0.152 e. The standard InChI is InChI=1S/C10H7BrO2S/c1-13-8-4-2-3-6-7(5-12)10(11)14-9(6)8/h2-5H,1H3. The van der Waals surface area contributed by atoms with E-state index in [0.29, 0.717) is 5.56 Å². The summed E-state index contributed by atoms with van der Waals surface area (Å²) in [7, 11) is 1.63. The van der Waals surface area contributed by atoms with E-state index in [0.717, 1.165) is 25.9 Å². The maximum absolute atomic E-state index is 10.8. The van der Waals surface area contributed by atoms with Crippen molar-refractivity contribution in [3.8, 4) is 5.75 Å². The van der Waals surface area contributed by atoms with Gasteiger partial charge < -0.3 is 4.74 Å². The van der Waals surface area contributed by atoms with Gasteiger partial charge in [-0.1, -0.05) is 12.1 Å². The van der Waals surface area contributed by atoms with Gasteiger partial charge in [0.2, 0.25) is 0 Å². The molecule has 72 valence electrons. The van der Waals surface area contributed by atoms with Gasteiger partial charge in [-0.15, -0.1) is 11.3 Å². The average Bonchev–Trinajstić information content (AvgIpc) is 2.52. The second-order valence-electron chi connectivity index (χ2n) is 2.74. The van der Waals surface area contributed by atoms with E-state index in [9.17, 15) is 4.79 Å². The van der Waals surface area contributed by atoms with E-state index in [-0.39, 0.29) is 0 Å². The topological polar surface area (TPSA) is 26.3 Å². The number of hydrogen-bond acceptors (Lipinski definition) is 3. The molecule has 4 heteroatoms. The van der Waals surface area contributed by atoms with E-state index in [1.165, 1.54) is 11.3 Å². The number of fused-ring (bicyclic) bond motifs is 1. The third kappa shape index (κ3) is 1.35. The number of methoxy groups -OCH3 is 1. The lowest BCUT2D eigenvalue weighted by Gasteiger charge is -1.99. The van der Waals surface area contributed by atoms with Crippen LogP contribution in [0.4, 0.5) is 0 Å². The van der Waals surface area contributed by atoms with Crippen molar-refractivity contribution in [3.63, 3.8) is 0 Å². The zero-order chi connectivity index (χ0) is 10.1. The zero-order valence-electron chi connectivity index (χ0n) is 7.41. The van der Waals surface area contributed by atoms with Crippen molar-refractivity contribution in [3.05, 3.63) is 27.5 Å². The van der Waals surface area contributed by atoms with Gasteiger partial charge in [0.25, 0.3) is 0 Å². The summed E-state index contributed by atoms with van der Waals surface area (Å²) in [5.74, 6) is 0.807. The summed E-state index contributed by atoms with van der Waals surface area (Å²) in [5.41, 5.74) is 0.698. The second-order valence-corrected chi connectivity index (χ2v) is 5.08. The lowest BCUT2D eigenvalue weighted by Crippen LogP contribution is -1.82. The number of halogens is 1. The van der Waals surface area contributed by atoms with Crippen molar-refractivity contribution in [1.29, 1.82) is 0 Å². The highest BCUT2D eigenvalue weighted by atomic mass is 79.9. The molecule has 0 saturated carbocycles. The number of ether oxygens (including phenoxy) is 1. The molecule has 1 aromatic heterocycles. The van der Waals surface area contributed by atoms with Gasteiger partial charge >= 0.3 is 0 Å². The Bertz CT molecular complexity index is 490. The van der Waals surface area contributed by atoms with Crippen LogP contribution in [0.25, 0.3) is 10.1 Å². The van der Waals surface area contributed by atoms with Crippen LogP contribution in [-0.2, 0) is 0 Å². The van der Waals surface area contributed by atoms with Crippen LogP contribution < -0.4 is 4.74 Å². The molecular weight excluding hydrogens is 264 g/mol. The molecule has 0 saturated heterocycles. The lowest BCUT2D eigenvalue weighted by atomic mass is 10.2. The van der Waals surface area contributed by atoms with Crippen LogP contribution in [0.15, 0.2) is 22.0 Å². The predicted molar refractivity (Wildman–Crippen MR) is 61.5 cm³/mol. The van der Waals surface area contributed by atoms with Crippen molar-refractivity contribution in [2.75, 3.05) is 7.11 Å². The first kappa shape index (κ1) is 9.68. The predicted octanol–water partition coefficient (Wildman–Crippen LogP) is 3.48. The summed E-state index contributed by atoms with van der Waals surface area (Å²) in [6, 6.07) is 5.69. The first-order valence-corrected chi connectivity index (χ1v) is 5.59. The molecule has 1 heterocycles. The Morgan fingerprint density at radius 3 is 2.93 bits per heavy atom. The molecule has 0 aliphatic carbocycles. The Balaban J connectivity index is 2.85. The molecule has 2 nitrogen and oxygen atoms in total. The van der Waals surface area contributed by atoms with Crippen molar-refractivity contribution in [2.45, 2.75) is 0 Å². The number of thiophene rings is 1. The van der Waals surface area contributed by atoms with Crippen molar-refractivity contribution in [2.24, 2.45) is 0 Å². The Morgan fingerprint density at radius 2 is 2.29 bits per heavy atom. The molecule has 0 unspecified atom stereocenters. The van der Waals surface area contributed by atoms with Crippen LogP contribution in [0.1, 0.15) is 10.4 Å². The van der Waals surface area contributed by atoms with Crippen LogP contribution >= 0.6 is 27.3 Å². The van der Waals surface area contributed by atoms with Crippen molar-refractivity contribution >= 4 is 43.6 Å². The van der Waals surface area contributed by atoms with Crippen LogP contribution in [0.3, 0.4) is 0 Å². The molecule has 0 fully saturated rings. The normalized spacial score (nSPS) is 10.4. The maximum Gasteiger partial charge on any atom is 0.152 e. The number of carbonyl (C=O) groups is 1. The summed E-state index contributed by atoms with van der Waals surface area (Å²) in [4.78, 5) is 10.8. The highest BCUT2D eigenvalue weighted by Crippen LogP contribution is 2.39. The fourth-order valence-corrected chi connectivity index (χ4v) is 3.13. The fourth-order valence-electron chi connectivity index (χ4n) is 1.35. The van der Waals surface area contributed by atoms with Gasteiger partial charge in [-0.2, -0.15) is 0 Å². The minimum absolute atomic E-state index is 0.698. The number of benzene rings is 1. The summed E-state index contributed by atoms with van der Waals surface area (Å²) in [6.45, 7) is 0. The summed E-state index contributed by atoms with van der Waals surface area (Å²) in [6.07, 6.45) is 0.863. The number of carbonyl (C=O) groups excluding carboxylic acids is 1. The Labute approximate surface area is 93.6 Å². The fraction of sp³-hybridized carbons (Fsp3) is 0.100. The zero-order valence-corrected chi connectivity index (χ0v) is 9.81. The van der Waals surface area contributed by atoms with Crippen molar-refractivity contribution in [1.82, 2.24) is 0 Å². The third-order valence-corrected chi connectivity index (χ3v) is 3.95. The van der Waals surface area contributed by atoms with E-state index in [4.69, 9.17) is 4.74 Å². The largest absolute Gasteiger partial charge is 0.495 e. The molecular formula is C10H7BrO2S. The first-order valence-electron chi connectivity index (χ1n) is 3.98. The lowest BCUT2D eigenvalue weighted by molar-refractivity contribution is 0.112. The van der Waals surface area contributed by atoms with Crippen LogP contribution in [0.5, 0.6) is 5.75 Å². The minimum atomic E-state index is 0.698. The monoisotopic (exact) mass is 270 g/mol. The average molecular weight is 271 g/mol. The van der Waals surface area contributed by atoms with E-state index >= 15 is 0 Å². The van der Waals surface area contributed by atoms with Gasteiger partial charge in [0.15, 0.2) is 6.29 Å². The molecule has 0 aliphatic heterocycles. The van der Waals surface area contributed by atoms with Gasteiger partial charge in [-0.05, 0) is 22.0 Å². The Hall–Kier alpha value is -0.870. The summed E-state index contributed by atoms with van der Waals surface area (Å²) in [5, 5.41) is 0.941. The molecule has 0 N–H and O–H groups in total. The van der Waals surface area contributed by atoms with E-state index in [1.807, 2.05) is 18.2 Å². The van der Waals surface area contributed by atoms with Gasteiger partial charge in [0.1, 0.15) is 5.75 Å². The molecule has 0 aliphatic rings. The van der Waals surface area contributed by atoms with Gasteiger partial charge in [0.05, 0.1) is 15.6 Å². The van der Waals surface area contributed by atoms with Crippen LogP contribution in [0.2, 0.25) is 0 Å². The molecule has 2 aromatic rings. The SMILES string of the molecule is COc1cccc2c(C=O)c(Br)sc12. The summed E-state index contributed by atoms with van der Waals surface area (Å²) >= 11 is 4.88. The molecule has 0 bridgehead atoms. The van der Waals surface area contributed by atoms with Gasteiger partial charge in [0, 0.05) is 10.9 Å².